The fourth-order valence-corrected chi connectivity index (χ4v) is 6.29. The minimum absolute atomic E-state index is 0.0327. The lowest BCUT2D eigenvalue weighted by atomic mass is 9.79. The van der Waals surface area contributed by atoms with Gasteiger partial charge in [0.2, 0.25) is 0 Å². The monoisotopic (exact) mass is 525 g/mol. The van der Waals surface area contributed by atoms with Gasteiger partial charge in [0.1, 0.15) is 17.5 Å². The van der Waals surface area contributed by atoms with E-state index in [0.29, 0.717) is 22.9 Å². The molecule has 5 rings (SSSR count). The number of thioether (sulfide) groups is 1. The molecule has 8 heteroatoms. The van der Waals surface area contributed by atoms with Gasteiger partial charge in [-0.05, 0) is 58.5 Å². The fourth-order valence-electron chi connectivity index (χ4n) is 4.95. The molecule has 2 aliphatic rings. The van der Waals surface area contributed by atoms with Gasteiger partial charge in [-0.1, -0.05) is 50.6 Å². The number of aliphatic carboxylic acids is 1. The number of nitrogens with zero attached hydrogens (tertiary/aromatic N) is 1. The summed E-state index contributed by atoms with van der Waals surface area (Å²) in [5, 5.41) is 10.9. The zero-order chi connectivity index (χ0) is 25.8. The maximum atomic E-state index is 14.2. The molecule has 3 aromatic carbocycles. The molecule has 3 aromatic rings. The first-order valence-electron chi connectivity index (χ1n) is 11.6. The predicted octanol–water partition coefficient (Wildman–Crippen LogP) is 6.83. The normalized spacial score (nSPS) is 19.4. The first kappa shape index (κ1) is 24.7. The Morgan fingerprint density at radius 3 is 2.61 bits per heavy atom. The lowest BCUT2D eigenvalue weighted by Gasteiger charge is -2.41. The quantitative estimate of drug-likeness (QED) is 0.406. The molecule has 0 aliphatic carbocycles. The van der Waals surface area contributed by atoms with Crippen LogP contribution in [0.2, 0.25) is 5.02 Å². The Bertz CT molecular complexity index is 1390. The summed E-state index contributed by atoms with van der Waals surface area (Å²) < 4.78 is 20.0. The Morgan fingerprint density at radius 1 is 1.14 bits per heavy atom. The number of amides is 1. The van der Waals surface area contributed by atoms with Gasteiger partial charge in [-0.25, -0.2) is 4.39 Å². The number of carboxylic acid groups (broad SMARTS) is 1. The number of carbonyl (C=O) groups excluding carboxylic acids is 1. The molecule has 0 saturated carbocycles. The van der Waals surface area contributed by atoms with Gasteiger partial charge < -0.3 is 9.84 Å². The molecule has 2 atom stereocenters. The van der Waals surface area contributed by atoms with E-state index in [1.807, 2.05) is 39.0 Å². The fraction of sp³-hybridized carbons (Fsp3) is 0.286. The smallest absolute Gasteiger partial charge is 0.313 e. The molecule has 1 amide bonds. The van der Waals surface area contributed by atoms with Crippen LogP contribution in [0.15, 0.2) is 59.5 Å². The van der Waals surface area contributed by atoms with Crippen molar-refractivity contribution in [1.82, 2.24) is 0 Å². The van der Waals surface area contributed by atoms with Crippen molar-refractivity contribution in [3.63, 3.8) is 0 Å². The molecule has 0 saturated heterocycles. The molecule has 36 heavy (non-hydrogen) atoms. The van der Waals surface area contributed by atoms with Gasteiger partial charge in [-0.2, -0.15) is 0 Å². The minimum Gasteiger partial charge on any atom is -0.492 e. The average molecular weight is 526 g/mol. The van der Waals surface area contributed by atoms with Gasteiger partial charge in [0, 0.05) is 26.9 Å². The molecule has 2 heterocycles. The highest BCUT2D eigenvalue weighted by atomic mass is 35.5. The summed E-state index contributed by atoms with van der Waals surface area (Å²) in [6.07, 6.45) is 0. The van der Waals surface area contributed by atoms with Crippen molar-refractivity contribution in [1.29, 1.82) is 0 Å². The molecule has 1 N–H and O–H groups in total. The highest BCUT2D eigenvalue weighted by Crippen LogP contribution is 2.48. The third kappa shape index (κ3) is 4.24. The molecule has 0 fully saturated rings. The van der Waals surface area contributed by atoms with Crippen LogP contribution in [0, 0.1) is 5.82 Å². The summed E-state index contributed by atoms with van der Waals surface area (Å²) in [7, 11) is 0. The van der Waals surface area contributed by atoms with Crippen LogP contribution < -0.4 is 9.64 Å². The van der Waals surface area contributed by atoms with Gasteiger partial charge in [-0.3, -0.25) is 14.5 Å². The molecular formula is C28H25ClFNO4S. The number of hydrogen-bond donors (Lipinski definition) is 1. The van der Waals surface area contributed by atoms with Gasteiger partial charge in [0.25, 0.3) is 5.91 Å². The van der Waals surface area contributed by atoms with E-state index in [4.69, 9.17) is 16.3 Å². The number of ether oxygens (including phenoxy) is 1. The number of rotatable bonds is 3. The molecule has 0 bridgehead atoms. The van der Waals surface area contributed by atoms with Crippen molar-refractivity contribution in [3.05, 3.63) is 87.7 Å². The Kier molecular flexibility index (Phi) is 6.25. The number of carboxylic acids is 1. The van der Waals surface area contributed by atoms with E-state index in [1.54, 1.807) is 30.0 Å². The molecule has 0 spiro atoms. The van der Waals surface area contributed by atoms with Gasteiger partial charge in [0.15, 0.2) is 0 Å². The number of fused-ring (bicyclic) bond motifs is 2. The van der Waals surface area contributed by atoms with E-state index in [9.17, 15) is 19.1 Å². The van der Waals surface area contributed by atoms with E-state index >= 15 is 0 Å². The van der Waals surface area contributed by atoms with E-state index in [1.165, 1.54) is 17.0 Å². The van der Waals surface area contributed by atoms with Crippen LogP contribution in [0.5, 0.6) is 5.75 Å². The third-order valence-corrected chi connectivity index (χ3v) is 7.92. The van der Waals surface area contributed by atoms with E-state index in [2.05, 4.69) is 0 Å². The van der Waals surface area contributed by atoms with E-state index in [0.717, 1.165) is 28.0 Å². The van der Waals surface area contributed by atoms with E-state index < -0.39 is 29.7 Å². The van der Waals surface area contributed by atoms with Crippen LogP contribution in [-0.2, 0) is 10.2 Å². The molecule has 0 aromatic heterocycles. The first-order chi connectivity index (χ1) is 17.1. The van der Waals surface area contributed by atoms with Crippen molar-refractivity contribution in [2.75, 3.05) is 17.3 Å². The van der Waals surface area contributed by atoms with Crippen molar-refractivity contribution < 1.29 is 23.8 Å². The summed E-state index contributed by atoms with van der Waals surface area (Å²) in [6.45, 7) is 6.71. The number of benzene rings is 3. The second kappa shape index (κ2) is 9.12. The minimum atomic E-state index is -1.12. The van der Waals surface area contributed by atoms with Crippen LogP contribution in [-0.4, -0.2) is 29.3 Å². The van der Waals surface area contributed by atoms with Crippen molar-refractivity contribution in [3.8, 4) is 5.75 Å². The zero-order valence-corrected chi connectivity index (χ0v) is 21.6. The predicted molar refractivity (Wildman–Crippen MR) is 139 cm³/mol. The average Bonchev–Trinajstić information content (AvgIpc) is 2.82. The Balaban J connectivity index is 1.74. The SMILES string of the molecule is CC(C)(C)c1ccc(N2C(=O)c3cc(F)ccc3[C@@H](C(=O)O)[C@@H]2c2ccc3c(c2)SCCO3)cc1Cl. The second-order valence-electron chi connectivity index (χ2n) is 9.98. The summed E-state index contributed by atoms with van der Waals surface area (Å²) in [4.78, 5) is 28.9. The number of halogens is 2. The summed E-state index contributed by atoms with van der Waals surface area (Å²) >= 11 is 8.28. The Morgan fingerprint density at radius 2 is 1.92 bits per heavy atom. The Hall–Kier alpha value is -3.03. The number of carbonyl (C=O) groups is 2. The van der Waals surface area contributed by atoms with Gasteiger partial charge in [0.05, 0.1) is 12.6 Å². The van der Waals surface area contributed by atoms with Gasteiger partial charge in [-0.15, -0.1) is 11.8 Å². The maximum Gasteiger partial charge on any atom is 0.313 e. The molecule has 5 nitrogen and oxygen atoms in total. The number of hydrogen-bond acceptors (Lipinski definition) is 4. The summed E-state index contributed by atoms with van der Waals surface area (Å²) in [5.74, 6) is -1.80. The molecule has 0 unspecified atom stereocenters. The third-order valence-electron chi connectivity index (χ3n) is 6.61. The first-order valence-corrected chi connectivity index (χ1v) is 13.0. The highest BCUT2D eigenvalue weighted by Gasteiger charge is 2.45. The summed E-state index contributed by atoms with van der Waals surface area (Å²) in [5.41, 5.74) is 2.09. The number of anilines is 1. The second-order valence-corrected chi connectivity index (χ2v) is 11.5. The maximum absolute atomic E-state index is 14.2. The molecule has 2 aliphatic heterocycles. The van der Waals surface area contributed by atoms with Crippen LogP contribution in [0.3, 0.4) is 0 Å². The summed E-state index contributed by atoms with van der Waals surface area (Å²) in [6, 6.07) is 13.6. The van der Waals surface area contributed by atoms with Crippen LogP contribution in [0.25, 0.3) is 0 Å². The highest BCUT2D eigenvalue weighted by molar-refractivity contribution is 7.99. The zero-order valence-electron chi connectivity index (χ0n) is 20.0. The van der Waals surface area contributed by atoms with Gasteiger partial charge >= 0.3 is 5.97 Å². The topological polar surface area (TPSA) is 66.8 Å². The lowest BCUT2D eigenvalue weighted by molar-refractivity contribution is -0.139. The largest absolute Gasteiger partial charge is 0.492 e. The van der Waals surface area contributed by atoms with Crippen LogP contribution >= 0.6 is 23.4 Å². The van der Waals surface area contributed by atoms with Crippen LogP contribution in [0.1, 0.15) is 59.8 Å². The van der Waals surface area contributed by atoms with Crippen LogP contribution in [0.4, 0.5) is 10.1 Å². The van der Waals surface area contributed by atoms with Crippen molar-refractivity contribution in [2.45, 2.75) is 43.0 Å². The van der Waals surface area contributed by atoms with E-state index in [-0.39, 0.29) is 16.5 Å². The lowest BCUT2D eigenvalue weighted by Crippen LogP contribution is -2.45. The van der Waals surface area contributed by atoms with Crippen molar-refractivity contribution >= 4 is 40.9 Å². The standard InChI is InChI=1S/C28H25ClFNO4S/c1-28(2,3)20-8-6-17(14-21(20)29)31-25(15-4-9-22-23(12-15)36-11-10-35-22)24(27(33)34)18-7-5-16(30)13-19(18)26(31)32/h4-9,12-14,24-25H,10-11H2,1-3H3,(H,33,34)/t24-,25+/m1/s1. The molecule has 0 radical (unpaired) electrons. The molecule has 186 valence electrons. The van der Waals surface area contributed by atoms with Crippen molar-refractivity contribution in [2.24, 2.45) is 0 Å². The Labute approximate surface area is 218 Å². The molecular weight excluding hydrogens is 501 g/mol.